The molecule has 1 heterocycles. The van der Waals surface area contributed by atoms with E-state index in [4.69, 9.17) is 0 Å². The zero-order valence-electron chi connectivity index (χ0n) is 9.60. The first-order valence-electron chi connectivity index (χ1n) is 4.85. The molecule has 1 aromatic rings. The van der Waals surface area contributed by atoms with Crippen molar-refractivity contribution in [2.75, 3.05) is 24.7 Å². The lowest BCUT2D eigenvalue weighted by Gasteiger charge is -2.20. The predicted octanol–water partition coefficient (Wildman–Crippen LogP) is 2.95. The van der Waals surface area contributed by atoms with Crippen molar-refractivity contribution in [1.29, 1.82) is 0 Å². The van der Waals surface area contributed by atoms with Crippen LogP contribution in [0, 0.1) is 0 Å². The largest absolute Gasteiger partial charge is 0.385 e. The highest BCUT2D eigenvalue weighted by molar-refractivity contribution is 5.64. The number of anilines is 2. The van der Waals surface area contributed by atoms with Gasteiger partial charge in [-0.05, 0) is 17.0 Å². The average Bonchev–Trinajstić information content (AvgIpc) is 2.15. The molecule has 0 saturated heterocycles. The molecule has 0 saturated carbocycles. The van der Waals surface area contributed by atoms with Gasteiger partial charge in [0, 0.05) is 23.1 Å². The minimum Gasteiger partial charge on any atom is -0.385 e. The smallest absolute Gasteiger partial charge is 0.149 e. The minimum atomic E-state index is 0. The van der Waals surface area contributed by atoms with Crippen LogP contribution in [0.2, 0.25) is 0 Å². The van der Waals surface area contributed by atoms with Crippen molar-refractivity contribution in [2.24, 2.45) is 0 Å². The van der Waals surface area contributed by atoms with E-state index in [9.17, 15) is 0 Å². The Hall–Kier alpha value is -1.25. The van der Waals surface area contributed by atoms with Crippen LogP contribution in [0.25, 0.3) is 0 Å². The van der Waals surface area contributed by atoms with Gasteiger partial charge in [0.05, 0.1) is 5.69 Å². The summed E-state index contributed by atoms with van der Waals surface area (Å²) in [5.41, 5.74) is 2.42. The maximum absolute atomic E-state index is 4.36. The number of hydrogen-bond donors (Lipinski definition) is 2. The van der Waals surface area contributed by atoms with Crippen LogP contribution < -0.4 is 10.6 Å². The van der Waals surface area contributed by atoms with Crippen molar-refractivity contribution >= 4 is 11.5 Å². The second-order valence-electron chi connectivity index (χ2n) is 4.37. The molecule has 0 aliphatic heterocycles. The third-order valence-corrected chi connectivity index (χ3v) is 2.26. The Balaban J connectivity index is 0. The fourth-order valence-corrected chi connectivity index (χ4v) is 1.26. The van der Waals surface area contributed by atoms with Crippen LogP contribution in [0.1, 0.15) is 29.2 Å². The highest BCUT2D eigenvalue weighted by Crippen LogP contribution is 2.27. The molecule has 3 heteroatoms. The molecule has 0 bridgehead atoms. The van der Waals surface area contributed by atoms with Gasteiger partial charge in [0.15, 0.2) is 0 Å². The lowest BCUT2D eigenvalue weighted by Crippen LogP contribution is -2.12. The van der Waals surface area contributed by atoms with Crippen LogP contribution in [-0.4, -0.2) is 19.1 Å². The Labute approximate surface area is 88.9 Å². The van der Waals surface area contributed by atoms with E-state index in [-0.39, 0.29) is 8.27 Å². The molecule has 0 aromatic carbocycles. The van der Waals surface area contributed by atoms with E-state index >= 15 is 0 Å². The number of nitrogens with one attached hydrogen (secondary N) is 2. The summed E-state index contributed by atoms with van der Waals surface area (Å²) in [5, 5.41) is 6.19. The van der Waals surface area contributed by atoms with Crippen molar-refractivity contribution in [2.45, 2.75) is 26.2 Å². The molecular formula is C11H23N3. The molecule has 14 heavy (non-hydrogen) atoms. The highest BCUT2D eigenvalue weighted by atomic mass is 15.0. The molecule has 0 unspecified atom stereocenters. The maximum Gasteiger partial charge on any atom is 0.149 e. The number of aromatic nitrogens is 1. The molecule has 1 rings (SSSR count). The predicted molar refractivity (Wildman–Crippen MR) is 66.3 cm³/mol. The van der Waals surface area contributed by atoms with Gasteiger partial charge in [0.2, 0.25) is 0 Å². The molecule has 0 radical (unpaired) electrons. The van der Waals surface area contributed by atoms with Gasteiger partial charge >= 0.3 is 0 Å². The lowest BCUT2D eigenvalue weighted by atomic mass is 9.88. The van der Waals surface area contributed by atoms with Crippen LogP contribution in [0.3, 0.4) is 0 Å². The summed E-state index contributed by atoms with van der Waals surface area (Å²) in [7, 11) is 3.78. The summed E-state index contributed by atoms with van der Waals surface area (Å²) in [6.45, 7) is 6.55. The average molecular weight is 197 g/mol. The summed E-state index contributed by atoms with van der Waals surface area (Å²) in [5.74, 6) is 0.889. The molecule has 82 valence electrons. The van der Waals surface area contributed by atoms with E-state index in [0.717, 1.165) is 11.5 Å². The SMILES string of the molecule is CNc1cc(C(C)(C)C)cnc1NC.[HH].[HH]. The standard InChI is InChI=1S/C11H19N3.2H2/c1-11(2,3)8-6-9(12-4)10(13-5)14-7-8;;/h6-7,12H,1-5H3,(H,13,14);2*1H. The Morgan fingerprint density at radius 1 is 1.21 bits per heavy atom. The van der Waals surface area contributed by atoms with Gasteiger partial charge in [-0.2, -0.15) is 0 Å². The molecular weight excluding hydrogens is 174 g/mol. The zero-order valence-corrected chi connectivity index (χ0v) is 9.60. The summed E-state index contributed by atoms with van der Waals surface area (Å²) in [6.07, 6.45) is 1.92. The first kappa shape index (κ1) is 10.8. The summed E-state index contributed by atoms with van der Waals surface area (Å²) in [6, 6.07) is 2.14. The van der Waals surface area contributed by atoms with Crippen molar-refractivity contribution in [3.63, 3.8) is 0 Å². The monoisotopic (exact) mass is 197 g/mol. The number of hydrogen-bond acceptors (Lipinski definition) is 3. The lowest BCUT2D eigenvalue weighted by molar-refractivity contribution is 0.588. The Morgan fingerprint density at radius 2 is 1.86 bits per heavy atom. The fourth-order valence-electron chi connectivity index (χ4n) is 1.26. The van der Waals surface area contributed by atoms with Gasteiger partial charge in [0.25, 0.3) is 0 Å². The third kappa shape index (κ3) is 2.16. The number of nitrogens with zero attached hydrogens (tertiary/aromatic N) is 1. The molecule has 2 N–H and O–H groups in total. The first-order valence-corrected chi connectivity index (χ1v) is 4.85. The van der Waals surface area contributed by atoms with E-state index in [0.29, 0.717) is 0 Å². The molecule has 0 aliphatic carbocycles. The highest BCUT2D eigenvalue weighted by Gasteiger charge is 2.15. The molecule has 0 amide bonds. The Bertz CT molecular complexity index is 321. The molecule has 1 aromatic heterocycles. The number of pyridine rings is 1. The molecule has 3 nitrogen and oxygen atoms in total. The number of rotatable bonds is 2. The topological polar surface area (TPSA) is 37.0 Å². The summed E-state index contributed by atoms with van der Waals surface area (Å²) >= 11 is 0. The fraction of sp³-hybridized carbons (Fsp3) is 0.545. The van der Waals surface area contributed by atoms with Gasteiger partial charge in [0.1, 0.15) is 5.82 Å². The van der Waals surface area contributed by atoms with Gasteiger partial charge in [-0.25, -0.2) is 4.98 Å². The first-order chi connectivity index (χ1) is 6.49. The second kappa shape index (κ2) is 3.86. The van der Waals surface area contributed by atoms with E-state index in [1.807, 2.05) is 20.3 Å². The van der Waals surface area contributed by atoms with E-state index < -0.39 is 0 Å². The third-order valence-electron chi connectivity index (χ3n) is 2.26. The van der Waals surface area contributed by atoms with Gasteiger partial charge in [-0.15, -0.1) is 0 Å². The maximum atomic E-state index is 4.36. The zero-order chi connectivity index (χ0) is 10.8. The van der Waals surface area contributed by atoms with Crippen LogP contribution in [-0.2, 0) is 5.41 Å². The van der Waals surface area contributed by atoms with Gasteiger partial charge < -0.3 is 10.6 Å². The Morgan fingerprint density at radius 3 is 2.29 bits per heavy atom. The summed E-state index contributed by atoms with van der Waals surface area (Å²) < 4.78 is 0. The van der Waals surface area contributed by atoms with Crippen LogP contribution in [0.5, 0.6) is 0 Å². The van der Waals surface area contributed by atoms with E-state index in [1.54, 1.807) is 0 Å². The Kier molecular flexibility index (Phi) is 2.99. The minimum absolute atomic E-state index is 0. The van der Waals surface area contributed by atoms with Crippen molar-refractivity contribution in [3.05, 3.63) is 17.8 Å². The molecule has 0 fully saturated rings. The van der Waals surface area contributed by atoms with Crippen LogP contribution in [0.15, 0.2) is 12.3 Å². The van der Waals surface area contributed by atoms with Gasteiger partial charge in [-0.3, -0.25) is 0 Å². The quantitative estimate of drug-likeness (QED) is 0.765. The molecule has 0 atom stereocenters. The summed E-state index contributed by atoms with van der Waals surface area (Å²) in [4.78, 5) is 4.36. The van der Waals surface area contributed by atoms with E-state index in [2.05, 4.69) is 42.5 Å². The normalized spacial score (nSPS) is 11.2. The van der Waals surface area contributed by atoms with Crippen molar-refractivity contribution < 1.29 is 2.85 Å². The van der Waals surface area contributed by atoms with Crippen LogP contribution >= 0.6 is 0 Å². The molecule has 0 spiro atoms. The van der Waals surface area contributed by atoms with Crippen molar-refractivity contribution in [3.8, 4) is 0 Å². The van der Waals surface area contributed by atoms with Gasteiger partial charge in [-0.1, -0.05) is 20.8 Å². The molecule has 0 aliphatic rings. The van der Waals surface area contributed by atoms with Crippen molar-refractivity contribution in [1.82, 2.24) is 4.98 Å². The second-order valence-corrected chi connectivity index (χ2v) is 4.37. The van der Waals surface area contributed by atoms with Crippen LogP contribution in [0.4, 0.5) is 11.5 Å². The van der Waals surface area contributed by atoms with E-state index in [1.165, 1.54) is 5.56 Å².